The van der Waals surface area contributed by atoms with Gasteiger partial charge in [0.2, 0.25) is 5.95 Å². The van der Waals surface area contributed by atoms with Gasteiger partial charge in [0.1, 0.15) is 22.8 Å². The maximum atomic E-state index is 16.8. The van der Waals surface area contributed by atoms with Crippen LogP contribution in [-0.4, -0.2) is 64.9 Å². The number of nitrogens with one attached hydrogen (secondary N) is 1. The molecule has 0 aliphatic carbocycles. The van der Waals surface area contributed by atoms with Crippen LogP contribution in [0.4, 0.5) is 33.7 Å². The molecule has 0 spiro atoms. The fourth-order valence-corrected chi connectivity index (χ4v) is 6.27. The van der Waals surface area contributed by atoms with Gasteiger partial charge in [0, 0.05) is 49.9 Å². The molecule has 4 heterocycles. The Labute approximate surface area is 257 Å². The summed E-state index contributed by atoms with van der Waals surface area (Å²) in [6.45, 7) is 4.08. The minimum absolute atomic E-state index is 0.000350. The molecule has 0 radical (unpaired) electrons. The highest BCUT2D eigenvalue weighted by Gasteiger charge is 2.34. The number of fused-ring (bicyclic) bond motifs is 2. The number of hydrogen-bond donors (Lipinski definition) is 2. The van der Waals surface area contributed by atoms with Gasteiger partial charge in [-0.15, -0.1) is 6.42 Å². The standard InChI is InChI=1S/C33H33F5N6O/c1-4-22-25(34)9-8-19-15-20(33(36,37)38)16-23(26(19)22)28-27(35)29-24(17-40-28)30(43(3)18-21-7-5-6-12-39-21)42-31(41-29)44-13-10-32(2,45)11-14-44/h1,8-9,15-17,21,39,45H,5-7,10-14,18H2,2-3H3/t21-/m1/s1. The third kappa shape index (κ3) is 5.99. The molecule has 45 heavy (non-hydrogen) atoms. The molecule has 0 unspecified atom stereocenters. The number of pyridine rings is 1. The molecule has 2 aliphatic rings. The number of rotatable bonds is 5. The fraction of sp³-hybridized carbons (Fsp3) is 0.424. The van der Waals surface area contributed by atoms with E-state index in [0.29, 0.717) is 38.3 Å². The maximum Gasteiger partial charge on any atom is 0.416 e. The molecule has 4 aromatic rings. The van der Waals surface area contributed by atoms with Crippen LogP contribution in [0.15, 0.2) is 30.5 Å². The van der Waals surface area contributed by atoms with Gasteiger partial charge in [-0.3, -0.25) is 4.98 Å². The van der Waals surface area contributed by atoms with Crippen molar-refractivity contribution >= 4 is 33.4 Å². The van der Waals surface area contributed by atoms with E-state index in [1.807, 2.05) is 16.8 Å². The smallest absolute Gasteiger partial charge is 0.390 e. The molecule has 236 valence electrons. The van der Waals surface area contributed by atoms with Gasteiger partial charge in [-0.25, -0.2) is 13.8 Å². The zero-order chi connectivity index (χ0) is 32.1. The number of likely N-dealkylation sites (N-methyl/N-ethyl adjacent to an activating group) is 1. The Hall–Kier alpha value is -4.08. The molecule has 2 saturated heterocycles. The summed E-state index contributed by atoms with van der Waals surface area (Å²) in [5.74, 6) is 1.07. The summed E-state index contributed by atoms with van der Waals surface area (Å²) in [5, 5.41) is 14.2. The van der Waals surface area contributed by atoms with E-state index in [4.69, 9.17) is 11.4 Å². The van der Waals surface area contributed by atoms with Crippen LogP contribution in [0, 0.1) is 24.0 Å². The van der Waals surface area contributed by atoms with Crippen LogP contribution in [0.2, 0.25) is 0 Å². The second-order valence-electron chi connectivity index (χ2n) is 12.2. The van der Waals surface area contributed by atoms with Gasteiger partial charge >= 0.3 is 6.18 Å². The van der Waals surface area contributed by atoms with E-state index in [-0.39, 0.29) is 44.8 Å². The summed E-state index contributed by atoms with van der Waals surface area (Å²) >= 11 is 0. The van der Waals surface area contributed by atoms with E-state index in [9.17, 15) is 22.7 Å². The largest absolute Gasteiger partial charge is 0.416 e. The van der Waals surface area contributed by atoms with Crippen LogP contribution in [0.1, 0.15) is 50.2 Å². The van der Waals surface area contributed by atoms with E-state index >= 15 is 4.39 Å². The van der Waals surface area contributed by atoms with Gasteiger partial charge in [-0.05, 0) is 62.7 Å². The predicted molar refractivity (Wildman–Crippen MR) is 164 cm³/mol. The molecule has 0 bridgehead atoms. The molecule has 0 amide bonds. The molecule has 2 fully saturated rings. The molecule has 6 rings (SSSR count). The van der Waals surface area contributed by atoms with Crippen molar-refractivity contribution < 1.29 is 27.1 Å². The summed E-state index contributed by atoms with van der Waals surface area (Å²) < 4.78 is 73.5. The average molecular weight is 625 g/mol. The SMILES string of the molecule is C#Cc1c(F)ccc2cc(C(F)(F)F)cc(-c3ncc4c(N(C)C[C@H]5CCCCN5)nc(N5CCC(C)(O)CC5)nc4c3F)c12. The quantitative estimate of drug-likeness (QED) is 0.207. The van der Waals surface area contributed by atoms with Crippen molar-refractivity contribution in [3.8, 4) is 23.6 Å². The van der Waals surface area contributed by atoms with Crippen molar-refractivity contribution in [3.05, 3.63) is 53.2 Å². The molecule has 7 nitrogen and oxygen atoms in total. The monoisotopic (exact) mass is 624 g/mol. The van der Waals surface area contributed by atoms with Gasteiger partial charge in [0.05, 0.1) is 22.1 Å². The Kier molecular flexibility index (Phi) is 8.03. The molecule has 2 N–H and O–H groups in total. The van der Waals surface area contributed by atoms with Crippen LogP contribution in [0.5, 0.6) is 0 Å². The van der Waals surface area contributed by atoms with Crippen LogP contribution >= 0.6 is 0 Å². The van der Waals surface area contributed by atoms with Crippen molar-refractivity contribution in [2.24, 2.45) is 0 Å². The molecule has 0 saturated carbocycles. The van der Waals surface area contributed by atoms with Crippen LogP contribution < -0.4 is 15.1 Å². The third-order valence-corrected chi connectivity index (χ3v) is 8.84. The Bertz CT molecular complexity index is 1800. The summed E-state index contributed by atoms with van der Waals surface area (Å²) in [5.41, 5.74) is -3.05. The number of halogens is 5. The van der Waals surface area contributed by atoms with Crippen molar-refractivity contribution in [3.63, 3.8) is 0 Å². The number of benzene rings is 2. The van der Waals surface area contributed by atoms with Crippen LogP contribution in [-0.2, 0) is 6.18 Å². The average Bonchev–Trinajstić information content (AvgIpc) is 3.00. The van der Waals surface area contributed by atoms with Crippen molar-refractivity contribution in [2.75, 3.05) is 43.0 Å². The Morgan fingerprint density at radius 2 is 1.91 bits per heavy atom. The molecule has 2 aromatic carbocycles. The lowest BCUT2D eigenvalue weighted by Crippen LogP contribution is -2.44. The van der Waals surface area contributed by atoms with Gasteiger partial charge in [-0.1, -0.05) is 18.4 Å². The first-order valence-corrected chi connectivity index (χ1v) is 14.9. The van der Waals surface area contributed by atoms with Crippen molar-refractivity contribution in [2.45, 2.75) is 56.8 Å². The molecular formula is C33H33F5N6O. The summed E-state index contributed by atoms with van der Waals surface area (Å²) in [7, 11) is 1.84. The molecule has 2 aromatic heterocycles. The number of terminal acetylenes is 1. The first kappa shape index (κ1) is 30.9. The summed E-state index contributed by atoms with van der Waals surface area (Å²) in [6, 6.07) is 3.96. The number of hydrogen-bond acceptors (Lipinski definition) is 7. The van der Waals surface area contributed by atoms with Gasteiger partial charge < -0.3 is 20.2 Å². The normalized spacial score (nSPS) is 18.7. The van der Waals surface area contributed by atoms with E-state index in [1.54, 1.807) is 6.92 Å². The number of nitrogens with zero attached hydrogens (tertiary/aromatic N) is 5. The van der Waals surface area contributed by atoms with Gasteiger partial charge in [0.15, 0.2) is 5.82 Å². The molecule has 1 atom stereocenters. The number of anilines is 2. The second kappa shape index (κ2) is 11.7. The Morgan fingerprint density at radius 1 is 1.16 bits per heavy atom. The van der Waals surface area contributed by atoms with Crippen LogP contribution in [0.25, 0.3) is 32.9 Å². The molecule has 2 aliphatic heterocycles. The lowest BCUT2D eigenvalue weighted by Gasteiger charge is -2.36. The first-order valence-electron chi connectivity index (χ1n) is 14.9. The van der Waals surface area contributed by atoms with E-state index in [2.05, 4.69) is 21.2 Å². The Morgan fingerprint density at radius 3 is 2.58 bits per heavy atom. The predicted octanol–water partition coefficient (Wildman–Crippen LogP) is 6.05. The van der Waals surface area contributed by atoms with E-state index in [0.717, 1.165) is 44.0 Å². The minimum Gasteiger partial charge on any atom is -0.390 e. The van der Waals surface area contributed by atoms with Crippen molar-refractivity contribution in [1.82, 2.24) is 20.3 Å². The Balaban J connectivity index is 1.56. The second-order valence-corrected chi connectivity index (χ2v) is 12.2. The third-order valence-electron chi connectivity index (χ3n) is 8.84. The first-order chi connectivity index (χ1) is 21.4. The number of aromatic nitrogens is 3. The number of piperidine rings is 2. The fourth-order valence-electron chi connectivity index (χ4n) is 6.27. The number of alkyl halides is 3. The van der Waals surface area contributed by atoms with Crippen LogP contribution in [0.3, 0.4) is 0 Å². The van der Waals surface area contributed by atoms with Gasteiger partial charge in [0.25, 0.3) is 0 Å². The number of aliphatic hydroxyl groups is 1. The van der Waals surface area contributed by atoms with Gasteiger partial charge in [-0.2, -0.15) is 18.2 Å². The molecule has 12 heteroatoms. The molecular weight excluding hydrogens is 591 g/mol. The maximum absolute atomic E-state index is 16.8. The lowest BCUT2D eigenvalue weighted by molar-refractivity contribution is -0.137. The highest BCUT2D eigenvalue weighted by atomic mass is 19.4. The van der Waals surface area contributed by atoms with E-state index in [1.165, 1.54) is 12.3 Å². The summed E-state index contributed by atoms with van der Waals surface area (Å²) in [6.07, 6.45) is 6.21. The van der Waals surface area contributed by atoms with Crippen molar-refractivity contribution in [1.29, 1.82) is 0 Å². The topological polar surface area (TPSA) is 77.4 Å². The zero-order valence-electron chi connectivity index (χ0n) is 25.0. The highest BCUT2D eigenvalue weighted by Crippen LogP contribution is 2.41. The minimum atomic E-state index is -4.77. The summed E-state index contributed by atoms with van der Waals surface area (Å²) in [4.78, 5) is 17.5. The van der Waals surface area contributed by atoms with E-state index < -0.39 is 34.7 Å². The highest BCUT2D eigenvalue weighted by molar-refractivity contribution is 6.02. The zero-order valence-corrected chi connectivity index (χ0v) is 25.0. The lowest BCUT2D eigenvalue weighted by atomic mass is 9.93.